The number of ether oxygens (including phenoxy) is 1. The van der Waals surface area contributed by atoms with Gasteiger partial charge in [-0.05, 0) is 50.8 Å². The minimum Gasteiger partial charge on any atom is -0.447 e. The van der Waals surface area contributed by atoms with Crippen LogP contribution in [-0.4, -0.2) is 64.3 Å². The van der Waals surface area contributed by atoms with E-state index in [4.69, 9.17) is 4.74 Å². The number of amides is 2. The SMILES string of the molecule is CC(C)OC(=O)N[C@H]1CCCC[C@@H]1n1cnc(C(=O)N2CCNCC2Cc2cc(F)cc(F)c2)c1-c1ccccc1. The minimum absolute atomic E-state index is 0.109. The van der Waals surface area contributed by atoms with Gasteiger partial charge in [0.05, 0.1) is 30.2 Å². The van der Waals surface area contributed by atoms with Crippen LogP contribution in [0.3, 0.4) is 0 Å². The third-order valence-corrected chi connectivity index (χ3v) is 7.78. The zero-order valence-corrected chi connectivity index (χ0v) is 23.5. The first kappa shape index (κ1) is 28.7. The summed E-state index contributed by atoms with van der Waals surface area (Å²) >= 11 is 0. The molecular formula is C31H37F2N5O3. The van der Waals surface area contributed by atoms with E-state index in [1.807, 2.05) is 48.7 Å². The predicted octanol–water partition coefficient (Wildman–Crippen LogP) is 5.10. The second kappa shape index (κ2) is 12.8. The van der Waals surface area contributed by atoms with Gasteiger partial charge >= 0.3 is 6.09 Å². The number of benzene rings is 2. The zero-order valence-electron chi connectivity index (χ0n) is 23.5. The third kappa shape index (κ3) is 6.75. The van der Waals surface area contributed by atoms with Crippen LogP contribution in [0, 0.1) is 11.6 Å². The second-order valence-corrected chi connectivity index (χ2v) is 11.1. The molecule has 1 aliphatic carbocycles. The summed E-state index contributed by atoms with van der Waals surface area (Å²) in [6.07, 6.45) is 4.90. The Bertz CT molecular complexity index is 1340. The van der Waals surface area contributed by atoms with Crippen LogP contribution in [0.15, 0.2) is 54.9 Å². The molecule has 1 saturated heterocycles. The number of alkyl carbamates (subject to hydrolysis) is 1. The number of hydrogen-bond acceptors (Lipinski definition) is 5. The molecule has 8 nitrogen and oxygen atoms in total. The molecule has 10 heteroatoms. The fourth-order valence-corrected chi connectivity index (χ4v) is 6.01. The summed E-state index contributed by atoms with van der Waals surface area (Å²) in [6, 6.07) is 12.5. The number of nitrogens with zero attached hydrogens (tertiary/aromatic N) is 3. The van der Waals surface area contributed by atoms with Crippen LogP contribution in [-0.2, 0) is 11.2 Å². The number of aromatic nitrogens is 2. The monoisotopic (exact) mass is 565 g/mol. The largest absolute Gasteiger partial charge is 0.447 e. The fraction of sp³-hybridized carbons (Fsp3) is 0.452. The number of halogens is 2. The van der Waals surface area contributed by atoms with E-state index in [1.165, 1.54) is 12.1 Å². The van der Waals surface area contributed by atoms with Gasteiger partial charge in [-0.15, -0.1) is 0 Å². The Hall–Kier alpha value is -3.79. The summed E-state index contributed by atoms with van der Waals surface area (Å²) in [5.74, 6) is -1.51. The summed E-state index contributed by atoms with van der Waals surface area (Å²) in [5, 5.41) is 6.35. The van der Waals surface area contributed by atoms with Crippen molar-refractivity contribution >= 4 is 12.0 Å². The number of nitrogens with one attached hydrogen (secondary N) is 2. The van der Waals surface area contributed by atoms with Crippen molar-refractivity contribution in [1.29, 1.82) is 0 Å². The molecule has 2 N–H and O–H groups in total. The number of hydrogen-bond donors (Lipinski definition) is 2. The van der Waals surface area contributed by atoms with E-state index in [2.05, 4.69) is 15.6 Å². The molecule has 218 valence electrons. The lowest BCUT2D eigenvalue weighted by Gasteiger charge is -2.36. The summed E-state index contributed by atoms with van der Waals surface area (Å²) in [7, 11) is 0. The van der Waals surface area contributed by atoms with Crippen molar-refractivity contribution < 1.29 is 23.1 Å². The van der Waals surface area contributed by atoms with E-state index in [0.29, 0.717) is 43.0 Å². The van der Waals surface area contributed by atoms with Crippen molar-refractivity contribution in [1.82, 2.24) is 25.1 Å². The highest BCUT2D eigenvalue weighted by molar-refractivity contribution is 5.98. The van der Waals surface area contributed by atoms with Crippen LogP contribution < -0.4 is 10.6 Å². The lowest BCUT2D eigenvalue weighted by molar-refractivity contribution is 0.0630. The first-order valence-corrected chi connectivity index (χ1v) is 14.4. The highest BCUT2D eigenvalue weighted by Crippen LogP contribution is 2.35. The number of carbonyl (C=O) groups is 2. The Balaban J connectivity index is 1.48. The molecule has 0 radical (unpaired) electrons. The van der Waals surface area contributed by atoms with E-state index in [-0.39, 0.29) is 30.1 Å². The lowest BCUT2D eigenvalue weighted by Crippen LogP contribution is -2.54. The molecule has 1 saturated carbocycles. The first-order valence-electron chi connectivity index (χ1n) is 14.4. The Morgan fingerprint density at radius 1 is 1.10 bits per heavy atom. The molecule has 1 unspecified atom stereocenters. The third-order valence-electron chi connectivity index (χ3n) is 7.78. The topological polar surface area (TPSA) is 88.5 Å². The van der Waals surface area contributed by atoms with Crippen LogP contribution in [0.5, 0.6) is 0 Å². The molecule has 0 spiro atoms. The van der Waals surface area contributed by atoms with E-state index >= 15 is 0 Å². The number of piperazine rings is 1. The van der Waals surface area contributed by atoms with Crippen molar-refractivity contribution in [3.8, 4) is 11.3 Å². The Morgan fingerprint density at radius 2 is 1.83 bits per heavy atom. The van der Waals surface area contributed by atoms with Gasteiger partial charge in [-0.1, -0.05) is 43.2 Å². The van der Waals surface area contributed by atoms with E-state index in [0.717, 1.165) is 37.3 Å². The van der Waals surface area contributed by atoms with Crippen molar-refractivity contribution in [2.75, 3.05) is 19.6 Å². The highest BCUT2D eigenvalue weighted by Gasteiger charge is 2.35. The van der Waals surface area contributed by atoms with Gasteiger partial charge in [0.25, 0.3) is 5.91 Å². The van der Waals surface area contributed by atoms with Gasteiger partial charge in [-0.3, -0.25) is 4.79 Å². The van der Waals surface area contributed by atoms with E-state index in [9.17, 15) is 18.4 Å². The normalized spacial score (nSPS) is 21.1. The molecule has 3 aromatic rings. The summed E-state index contributed by atoms with van der Waals surface area (Å²) < 4.78 is 35.2. The van der Waals surface area contributed by atoms with Gasteiger partial charge in [0.2, 0.25) is 0 Å². The number of carbonyl (C=O) groups excluding carboxylic acids is 2. The second-order valence-electron chi connectivity index (χ2n) is 11.1. The Morgan fingerprint density at radius 3 is 2.56 bits per heavy atom. The molecule has 1 aliphatic heterocycles. The maximum Gasteiger partial charge on any atom is 0.407 e. The van der Waals surface area contributed by atoms with Gasteiger partial charge in [0.15, 0.2) is 5.69 Å². The predicted molar refractivity (Wildman–Crippen MR) is 151 cm³/mol. The summed E-state index contributed by atoms with van der Waals surface area (Å²) in [4.78, 5) is 33.1. The molecule has 2 heterocycles. The van der Waals surface area contributed by atoms with Crippen LogP contribution in [0.1, 0.15) is 61.6 Å². The Labute approximate surface area is 239 Å². The number of imidazole rings is 1. The molecule has 5 rings (SSSR count). The van der Waals surface area contributed by atoms with Crippen molar-refractivity contribution in [3.05, 3.63) is 77.8 Å². The van der Waals surface area contributed by atoms with E-state index < -0.39 is 17.7 Å². The highest BCUT2D eigenvalue weighted by atomic mass is 19.1. The Kier molecular flexibility index (Phi) is 8.97. The van der Waals surface area contributed by atoms with Crippen LogP contribution >= 0.6 is 0 Å². The van der Waals surface area contributed by atoms with Gasteiger partial charge < -0.3 is 24.8 Å². The molecule has 0 bridgehead atoms. The quantitative estimate of drug-likeness (QED) is 0.416. The van der Waals surface area contributed by atoms with Crippen LogP contribution in [0.25, 0.3) is 11.3 Å². The van der Waals surface area contributed by atoms with Gasteiger partial charge in [-0.2, -0.15) is 0 Å². The summed E-state index contributed by atoms with van der Waals surface area (Å²) in [5.41, 5.74) is 2.36. The molecule has 2 amide bonds. The summed E-state index contributed by atoms with van der Waals surface area (Å²) in [6.45, 7) is 5.17. The van der Waals surface area contributed by atoms with Crippen LogP contribution in [0.2, 0.25) is 0 Å². The van der Waals surface area contributed by atoms with Gasteiger partial charge in [0.1, 0.15) is 11.6 Å². The molecule has 41 heavy (non-hydrogen) atoms. The smallest absolute Gasteiger partial charge is 0.407 e. The average molecular weight is 566 g/mol. The number of rotatable bonds is 7. The van der Waals surface area contributed by atoms with Crippen LogP contribution in [0.4, 0.5) is 13.6 Å². The maximum absolute atomic E-state index is 14.2. The molecule has 1 aromatic heterocycles. The molecule has 2 aromatic carbocycles. The van der Waals surface area contributed by atoms with Gasteiger partial charge in [-0.25, -0.2) is 18.6 Å². The van der Waals surface area contributed by atoms with Crippen molar-refractivity contribution in [2.24, 2.45) is 0 Å². The molecule has 3 atom stereocenters. The zero-order chi connectivity index (χ0) is 28.9. The van der Waals surface area contributed by atoms with Gasteiger partial charge in [0, 0.05) is 37.3 Å². The standard InChI is InChI=1S/C31H37F2N5O3/c1-20(2)41-31(40)36-26-10-6-7-11-27(26)38-19-35-28(29(38)22-8-4-3-5-9-22)30(39)37-13-12-34-18-25(37)16-21-14-23(32)17-24(33)15-21/h3-5,8-9,14-15,17,19-20,25-27,34H,6-7,10-13,16,18H2,1-2H3,(H,36,40)/t25?,26-,27-/m0/s1. The lowest BCUT2D eigenvalue weighted by atomic mass is 9.89. The molecule has 2 fully saturated rings. The van der Waals surface area contributed by atoms with Crippen molar-refractivity contribution in [3.63, 3.8) is 0 Å². The first-order chi connectivity index (χ1) is 19.8. The maximum atomic E-state index is 14.2. The molecular weight excluding hydrogens is 528 g/mol. The molecule has 2 aliphatic rings. The van der Waals surface area contributed by atoms with Crippen molar-refractivity contribution in [2.45, 2.75) is 70.2 Å². The van der Waals surface area contributed by atoms with E-state index in [1.54, 1.807) is 11.2 Å². The fourth-order valence-electron chi connectivity index (χ4n) is 6.01. The average Bonchev–Trinajstić information content (AvgIpc) is 3.38. The minimum atomic E-state index is -0.639.